The van der Waals surface area contributed by atoms with Crippen molar-refractivity contribution in [3.63, 3.8) is 0 Å². The van der Waals surface area contributed by atoms with Gasteiger partial charge < -0.3 is 14.4 Å². The van der Waals surface area contributed by atoms with Crippen LogP contribution in [-0.4, -0.2) is 53.5 Å². The maximum atomic E-state index is 13.0. The van der Waals surface area contributed by atoms with Crippen LogP contribution in [0.25, 0.3) is 0 Å². The standard InChI is InChI=1S/C20H29N5O4S/c1-21-19(26)20(11-16-10-17(23-29-16)15-6-4-3-5-7-15)8-9-25(13-20)30(27,28)18-12-24(2)14-22-18/h10,12,14-15H,3-9,11,13H2,1-2H3,(H,21,26). The minimum atomic E-state index is -3.76. The highest BCUT2D eigenvalue weighted by Crippen LogP contribution is 2.38. The predicted octanol–water partition coefficient (Wildman–Crippen LogP) is 1.83. The molecule has 2 aromatic rings. The van der Waals surface area contributed by atoms with E-state index in [1.807, 2.05) is 6.07 Å². The van der Waals surface area contributed by atoms with Crippen LogP contribution in [0.3, 0.4) is 0 Å². The molecule has 2 aliphatic rings. The van der Waals surface area contributed by atoms with Gasteiger partial charge in [0.1, 0.15) is 5.76 Å². The van der Waals surface area contributed by atoms with Crippen molar-refractivity contribution in [2.75, 3.05) is 20.1 Å². The van der Waals surface area contributed by atoms with Gasteiger partial charge in [0.25, 0.3) is 10.0 Å². The second kappa shape index (κ2) is 8.14. The fourth-order valence-corrected chi connectivity index (χ4v) is 6.20. The van der Waals surface area contributed by atoms with Crippen molar-refractivity contribution in [3.8, 4) is 0 Å². The Kier molecular flexibility index (Phi) is 5.71. The van der Waals surface area contributed by atoms with E-state index in [1.165, 1.54) is 36.1 Å². The van der Waals surface area contributed by atoms with Crippen molar-refractivity contribution in [2.45, 2.75) is 55.9 Å². The van der Waals surface area contributed by atoms with Gasteiger partial charge in [-0.05, 0) is 19.3 Å². The van der Waals surface area contributed by atoms with Gasteiger partial charge in [0, 0.05) is 51.8 Å². The van der Waals surface area contributed by atoms with Crippen LogP contribution in [0.15, 0.2) is 28.1 Å². The van der Waals surface area contributed by atoms with Crippen LogP contribution in [0.4, 0.5) is 0 Å². The highest BCUT2D eigenvalue weighted by Gasteiger charge is 2.49. The largest absolute Gasteiger partial charge is 0.361 e. The number of rotatable bonds is 6. The van der Waals surface area contributed by atoms with E-state index in [0.717, 1.165) is 18.5 Å². The number of carbonyl (C=O) groups excluding carboxylic acids is 1. The third kappa shape index (κ3) is 3.90. The summed E-state index contributed by atoms with van der Waals surface area (Å²) >= 11 is 0. The Balaban J connectivity index is 1.54. The Bertz CT molecular complexity index is 1010. The first kappa shape index (κ1) is 21.0. The zero-order chi connectivity index (χ0) is 21.4. The first-order chi connectivity index (χ1) is 14.3. The van der Waals surface area contributed by atoms with Crippen LogP contribution in [0.5, 0.6) is 0 Å². The lowest BCUT2D eigenvalue weighted by Crippen LogP contribution is -2.44. The van der Waals surface area contributed by atoms with Gasteiger partial charge in [0.2, 0.25) is 5.91 Å². The molecular formula is C20H29N5O4S. The lowest BCUT2D eigenvalue weighted by molar-refractivity contribution is -0.130. The number of hydrogen-bond acceptors (Lipinski definition) is 6. The monoisotopic (exact) mass is 435 g/mol. The van der Waals surface area contributed by atoms with Gasteiger partial charge in [-0.2, -0.15) is 4.31 Å². The first-order valence-electron chi connectivity index (χ1n) is 10.5. The molecule has 1 aliphatic heterocycles. The third-order valence-electron chi connectivity index (χ3n) is 6.43. The normalized spacial score (nSPS) is 23.7. The molecule has 1 saturated heterocycles. The highest BCUT2D eigenvalue weighted by atomic mass is 32.2. The average Bonchev–Trinajstić information content (AvgIpc) is 3.49. The molecule has 0 bridgehead atoms. The van der Waals surface area contributed by atoms with Gasteiger partial charge >= 0.3 is 0 Å². The molecule has 1 atom stereocenters. The van der Waals surface area contributed by atoms with Crippen molar-refractivity contribution in [3.05, 3.63) is 30.0 Å². The number of carbonyl (C=O) groups is 1. The first-order valence-corrected chi connectivity index (χ1v) is 11.9. The summed E-state index contributed by atoms with van der Waals surface area (Å²) in [6.45, 7) is 0.348. The lowest BCUT2D eigenvalue weighted by Gasteiger charge is -2.26. The molecule has 1 saturated carbocycles. The average molecular weight is 436 g/mol. The molecule has 10 heteroatoms. The summed E-state index contributed by atoms with van der Waals surface area (Å²) in [4.78, 5) is 16.8. The van der Waals surface area contributed by atoms with E-state index in [1.54, 1.807) is 18.7 Å². The second-order valence-corrected chi connectivity index (χ2v) is 10.4. The molecule has 1 aliphatic carbocycles. The number of aryl methyl sites for hydroxylation is 1. The van der Waals surface area contributed by atoms with Crippen LogP contribution >= 0.6 is 0 Å². The van der Waals surface area contributed by atoms with Gasteiger partial charge in [-0.1, -0.05) is 24.4 Å². The molecule has 2 aromatic heterocycles. The molecule has 3 heterocycles. The Labute approximate surface area is 176 Å². The van der Waals surface area contributed by atoms with Crippen molar-refractivity contribution >= 4 is 15.9 Å². The molecule has 1 unspecified atom stereocenters. The topological polar surface area (TPSA) is 110 Å². The zero-order valence-electron chi connectivity index (χ0n) is 17.5. The summed E-state index contributed by atoms with van der Waals surface area (Å²) in [5, 5.41) is 6.97. The molecule has 2 fully saturated rings. The molecule has 0 radical (unpaired) electrons. The SMILES string of the molecule is CNC(=O)C1(Cc2cc(C3CCCCC3)no2)CCN(S(=O)(=O)c2cn(C)cn2)C1. The molecule has 1 amide bonds. The summed E-state index contributed by atoms with van der Waals surface area (Å²) in [5.74, 6) is 0.866. The third-order valence-corrected chi connectivity index (χ3v) is 8.16. The van der Waals surface area contributed by atoms with Gasteiger partial charge in [-0.25, -0.2) is 13.4 Å². The number of imidazole rings is 1. The molecule has 30 heavy (non-hydrogen) atoms. The summed E-state index contributed by atoms with van der Waals surface area (Å²) < 4.78 is 34.5. The predicted molar refractivity (Wildman–Crippen MR) is 109 cm³/mol. The van der Waals surface area contributed by atoms with Crippen LogP contribution in [0.1, 0.15) is 55.9 Å². The van der Waals surface area contributed by atoms with Gasteiger partial charge in [-0.3, -0.25) is 4.79 Å². The maximum Gasteiger partial charge on any atom is 0.262 e. The maximum absolute atomic E-state index is 13.0. The molecule has 1 N–H and O–H groups in total. The van der Waals surface area contributed by atoms with Crippen LogP contribution in [0.2, 0.25) is 0 Å². The fourth-order valence-electron chi connectivity index (χ4n) is 4.71. The van der Waals surface area contributed by atoms with E-state index < -0.39 is 15.4 Å². The van der Waals surface area contributed by atoms with Crippen LogP contribution < -0.4 is 5.32 Å². The van der Waals surface area contributed by atoms with Gasteiger partial charge in [0.15, 0.2) is 5.03 Å². The Morgan fingerprint density at radius 2 is 2.10 bits per heavy atom. The molecule has 4 rings (SSSR count). The summed E-state index contributed by atoms with van der Waals surface area (Å²) in [5.41, 5.74) is 0.0627. The number of nitrogens with one attached hydrogen (secondary N) is 1. The summed E-state index contributed by atoms with van der Waals surface area (Å²) in [6, 6.07) is 1.95. The minimum absolute atomic E-state index is 0.00282. The van der Waals surface area contributed by atoms with Crippen molar-refractivity contribution in [1.29, 1.82) is 0 Å². The Hall–Kier alpha value is -2.20. The number of amides is 1. The van der Waals surface area contributed by atoms with E-state index >= 15 is 0 Å². The van der Waals surface area contributed by atoms with Crippen molar-refractivity contribution < 1.29 is 17.7 Å². The number of aromatic nitrogens is 3. The Morgan fingerprint density at radius 3 is 2.77 bits per heavy atom. The van der Waals surface area contributed by atoms with E-state index in [4.69, 9.17) is 4.52 Å². The van der Waals surface area contributed by atoms with Crippen molar-refractivity contribution in [2.24, 2.45) is 12.5 Å². The minimum Gasteiger partial charge on any atom is -0.361 e. The molecule has 9 nitrogen and oxygen atoms in total. The van der Waals surface area contributed by atoms with E-state index in [-0.39, 0.29) is 24.0 Å². The quantitative estimate of drug-likeness (QED) is 0.741. The van der Waals surface area contributed by atoms with Gasteiger partial charge in [-0.15, -0.1) is 0 Å². The molecule has 0 spiro atoms. The number of hydrogen-bond donors (Lipinski definition) is 1. The zero-order valence-corrected chi connectivity index (χ0v) is 18.3. The molecular weight excluding hydrogens is 406 g/mol. The van der Waals surface area contributed by atoms with E-state index in [9.17, 15) is 13.2 Å². The smallest absolute Gasteiger partial charge is 0.262 e. The summed E-state index contributed by atoms with van der Waals surface area (Å²) in [6.07, 6.45) is 9.56. The van der Waals surface area contributed by atoms with Gasteiger partial charge in [0.05, 0.1) is 17.4 Å². The molecule has 0 aromatic carbocycles. The Morgan fingerprint density at radius 1 is 1.33 bits per heavy atom. The lowest BCUT2D eigenvalue weighted by atomic mass is 9.81. The van der Waals surface area contributed by atoms with E-state index in [0.29, 0.717) is 24.5 Å². The second-order valence-electron chi connectivity index (χ2n) is 8.56. The van der Waals surface area contributed by atoms with Crippen molar-refractivity contribution in [1.82, 2.24) is 24.3 Å². The summed E-state index contributed by atoms with van der Waals surface area (Å²) in [7, 11) is -0.462. The molecule has 164 valence electrons. The number of sulfonamides is 1. The van der Waals surface area contributed by atoms with Crippen LogP contribution in [-0.2, 0) is 28.3 Å². The fraction of sp³-hybridized carbons (Fsp3) is 0.650. The highest BCUT2D eigenvalue weighted by molar-refractivity contribution is 7.89. The van der Waals surface area contributed by atoms with Crippen LogP contribution in [0, 0.1) is 5.41 Å². The van der Waals surface area contributed by atoms with E-state index in [2.05, 4.69) is 15.5 Å². The number of nitrogens with zero attached hydrogens (tertiary/aromatic N) is 4.